The molecule has 6 heteroatoms. The molecule has 24 heavy (non-hydrogen) atoms. The van der Waals surface area contributed by atoms with Crippen LogP contribution in [0.2, 0.25) is 0 Å². The number of nitrogens with zero attached hydrogens (tertiary/aromatic N) is 2. The summed E-state index contributed by atoms with van der Waals surface area (Å²) < 4.78 is 11.8. The van der Waals surface area contributed by atoms with Crippen molar-refractivity contribution in [2.24, 2.45) is 0 Å². The Balaban J connectivity index is 1.22. The number of benzene rings is 1. The quantitative estimate of drug-likeness (QED) is 0.912. The molecule has 2 fully saturated rings. The summed E-state index contributed by atoms with van der Waals surface area (Å²) in [5.41, 5.74) is 0. The van der Waals surface area contributed by atoms with Crippen LogP contribution < -0.4 is 14.8 Å². The van der Waals surface area contributed by atoms with Crippen molar-refractivity contribution >= 4 is 6.03 Å². The Morgan fingerprint density at radius 2 is 1.92 bits per heavy atom. The van der Waals surface area contributed by atoms with E-state index in [1.54, 1.807) is 0 Å². The second-order valence-corrected chi connectivity index (χ2v) is 6.78. The number of para-hydroxylation sites is 2. The highest BCUT2D eigenvalue weighted by Crippen LogP contribution is 2.31. The van der Waals surface area contributed by atoms with E-state index in [1.807, 2.05) is 29.2 Å². The summed E-state index contributed by atoms with van der Waals surface area (Å²) in [6.45, 7) is 5.41. The molecular weight excluding hydrogens is 306 g/mol. The van der Waals surface area contributed by atoms with E-state index in [4.69, 9.17) is 9.47 Å². The van der Waals surface area contributed by atoms with Crippen LogP contribution in [0.5, 0.6) is 11.5 Å². The van der Waals surface area contributed by atoms with Crippen molar-refractivity contribution in [3.63, 3.8) is 0 Å². The Morgan fingerprint density at radius 1 is 1.12 bits per heavy atom. The van der Waals surface area contributed by atoms with Crippen LogP contribution >= 0.6 is 0 Å². The number of amides is 2. The van der Waals surface area contributed by atoms with Crippen LogP contribution in [0.4, 0.5) is 4.79 Å². The smallest absolute Gasteiger partial charge is 0.317 e. The third kappa shape index (κ3) is 3.29. The first-order chi connectivity index (χ1) is 11.8. The molecule has 3 heterocycles. The van der Waals surface area contributed by atoms with E-state index in [2.05, 4.69) is 10.2 Å². The van der Waals surface area contributed by atoms with Crippen LogP contribution in [0.1, 0.15) is 19.3 Å². The first-order valence-corrected chi connectivity index (χ1v) is 8.95. The van der Waals surface area contributed by atoms with E-state index in [0.717, 1.165) is 63.5 Å². The van der Waals surface area contributed by atoms with E-state index in [9.17, 15) is 4.79 Å². The highest BCUT2D eigenvalue weighted by molar-refractivity contribution is 5.76. The van der Waals surface area contributed by atoms with Gasteiger partial charge >= 0.3 is 6.03 Å². The first-order valence-electron chi connectivity index (χ1n) is 8.95. The van der Waals surface area contributed by atoms with E-state index < -0.39 is 0 Å². The first kappa shape index (κ1) is 15.6. The maximum atomic E-state index is 11.8. The van der Waals surface area contributed by atoms with Crippen LogP contribution in [-0.4, -0.2) is 67.3 Å². The molecular formula is C18H25N3O3. The minimum Gasteiger partial charge on any atom is -0.486 e. The lowest BCUT2D eigenvalue weighted by Gasteiger charge is -2.36. The molecule has 1 atom stereocenters. The van der Waals surface area contributed by atoms with Crippen LogP contribution in [-0.2, 0) is 0 Å². The predicted molar refractivity (Wildman–Crippen MR) is 90.5 cm³/mol. The summed E-state index contributed by atoms with van der Waals surface area (Å²) in [6, 6.07) is 8.38. The topological polar surface area (TPSA) is 54.0 Å². The number of likely N-dealkylation sites (tertiary alicyclic amines) is 1. The highest BCUT2D eigenvalue weighted by Gasteiger charge is 2.31. The summed E-state index contributed by atoms with van der Waals surface area (Å²) in [7, 11) is 0. The van der Waals surface area contributed by atoms with Gasteiger partial charge in [0.2, 0.25) is 0 Å². The van der Waals surface area contributed by atoms with Crippen molar-refractivity contribution in [2.45, 2.75) is 31.4 Å². The average Bonchev–Trinajstić information content (AvgIpc) is 3.06. The summed E-state index contributed by atoms with van der Waals surface area (Å²) in [4.78, 5) is 16.2. The maximum Gasteiger partial charge on any atom is 0.317 e. The SMILES string of the molecule is O=C1NCCN1C1CCN(CC[C@H]2COc3ccccc3O2)CC1. The average molecular weight is 331 g/mol. The fourth-order valence-corrected chi connectivity index (χ4v) is 3.82. The number of fused-ring (bicyclic) bond motifs is 1. The van der Waals surface area contributed by atoms with Crippen molar-refractivity contribution in [2.75, 3.05) is 39.3 Å². The maximum absolute atomic E-state index is 11.8. The van der Waals surface area contributed by atoms with Crippen LogP contribution in [0.3, 0.4) is 0 Å². The van der Waals surface area contributed by atoms with Gasteiger partial charge in [-0.3, -0.25) is 0 Å². The van der Waals surface area contributed by atoms with Crippen molar-refractivity contribution in [1.82, 2.24) is 15.1 Å². The van der Waals surface area contributed by atoms with Gasteiger partial charge in [0.25, 0.3) is 0 Å². The molecule has 130 valence electrons. The predicted octanol–water partition coefficient (Wildman–Crippen LogP) is 1.71. The molecule has 0 saturated carbocycles. The molecule has 3 aliphatic heterocycles. The van der Waals surface area contributed by atoms with Gasteiger partial charge in [-0.2, -0.15) is 0 Å². The van der Waals surface area contributed by atoms with Crippen LogP contribution in [0.15, 0.2) is 24.3 Å². The molecule has 0 unspecified atom stereocenters. The highest BCUT2D eigenvalue weighted by atomic mass is 16.6. The summed E-state index contributed by atoms with van der Waals surface area (Å²) in [6.07, 6.45) is 3.24. The fraction of sp³-hybridized carbons (Fsp3) is 0.611. The van der Waals surface area contributed by atoms with Gasteiger partial charge < -0.3 is 24.6 Å². The number of carbonyl (C=O) groups excluding carboxylic acids is 1. The molecule has 1 aromatic rings. The largest absolute Gasteiger partial charge is 0.486 e. The monoisotopic (exact) mass is 331 g/mol. The Kier molecular flexibility index (Phi) is 4.47. The third-order valence-electron chi connectivity index (χ3n) is 5.22. The van der Waals surface area contributed by atoms with Crippen LogP contribution in [0, 0.1) is 0 Å². The lowest BCUT2D eigenvalue weighted by Crippen LogP contribution is -2.46. The Morgan fingerprint density at radius 3 is 2.67 bits per heavy atom. The van der Waals surface area contributed by atoms with Gasteiger partial charge in [-0.05, 0) is 25.0 Å². The van der Waals surface area contributed by atoms with Gasteiger partial charge in [-0.25, -0.2) is 4.79 Å². The number of hydrogen-bond acceptors (Lipinski definition) is 4. The number of urea groups is 1. The van der Waals surface area contributed by atoms with E-state index in [0.29, 0.717) is 12.6 Å². The zero-order valence-electron chi connectivity index (χ0n) is 13.9. The van der Waals surface area contributed by atoms with Gasteiger partial charge in [-0.15, -0.1) is 0 Å². The summed E-state index contributed by atoms with van der Waals surface area (Å²) in [5.74, 6) is 1.70. The second-order valence-electron chi connectivity index (χ2n) is 6.78. The molecule has 4 rings (SSSR count). The number of piperidine rings is 1. The van der Waals surface area contributed by atoms with E-state index in [1.165, 1.54) is 0 Å². The Bertz CT molecular complexity index is 587. The second kappa shape index (κ2) is 6.89. The zero-order chi connectivity index (χ0) is 16.4. The molecule has 3 aliphatic rings. The molecule has 0 aromatic heterocycles. The minimum absolute atomic E-state index is 0.111. The van der Waals surface area contributed by atoms with Crippen LogP contribution in [0.25, 0.3) is 0 Å². The lowest BCUT2D eigenvalue weighted by molar-refractivity contribution is 0.0677. The molecule has 2 amide bonds. The molecule has 1 N–H and O–H groups in total. The molecule has 2 saturated heterocycles. The van der Waals surface area contributed by atoms with Gasteiger partial charge in [-0.1, -0.05) is 12.1 Å². The molecule has 0 spiro atoms. The van der Waals surface area contributed by atoms with Gasteiger partial charge in [0.05, 0.1) is 0 Å². The van der Waals surface area contributed by atoms with Crippen molar-refractivity contribution in [3.05, 3.63) is 24.3 Å². The number of carbonyl (C=O) groups is 1. The number of rotatable bonds is 4. The van der Waals surface area contributed by atoms with Gasteiger partial charge in [0, 0.05) is 45.2 Å². The number of hydrogen-bond donors (Lipinski definition) is 1. The molecule has 0 aliphatic carbocycles. The van der Waals surface area contributed by atoms with E-state index in [-0.39, 0.29) is 12.1 Å². The minimum atomic E-state index is 0.111. The summed E-state index contributed by atoms with van der Waals surface area (Å²) in [5, 5.41) is 2.90. The number of ether oxygens (including phenoxy) is 2. The normalized spacial score (nSPS) is 24.9. The molecule has 6 nitrogen and oxygen atoms in total. The van der Waals surface area contributed by atoms with E-state index >= 15 is 0 Å². The standard InChI is InChI=1S/C18H25N3O3/c22-18-19-8-12-21(18)14-5-9-20(10-6-14)11-7-15-13-23-16-3-1-2-4-17(16)24-15/h1-4,14-15H,5-13H2,(H,19,22)/t15-/m0/s1. The third-order valence-corrected chi connectivity index (χ3v) is 5.22. The molecule has 0 radical (unpaired) electrons. The Hall–Kier alpha value is -1.95. The Labute approximate surface area is 142 Å². The van der Waals surface area contributed by atoms with Gasteiger partial charge in [0.1, 0.15) is 12.7 Å². The lowest BCUT2D eigenvalue weighted by atomic mass is 10.0. The van der Waals surface area contributed by atoms with Gasteiger partial charge in [0.15, 0.2) is 11.5 Å². The molecule has 1 aromatic carbocycles. The van der Waals surface area contributed by atoms with Crippen molar-refractivity contribution in [3.8, 4) is 11.5 Å². The zero-order valence-corrected chi connectivity index (χ0v) is 13.9. The number of nitrogens with one attached hydrogen (secondary N) is 1. The summed E-state index contributed by atoms with van der Waals surface area (Å²) >= 11 is 0. The van der Waals surface area contributed by atoms with Crippen molar-refractivity contribution in [1.29, 1.82) is 0 Å². The fourth-order valence-electron chi connectivity index (χ4n) is 3.82. The molecule has 0 bridgehead atoms. The van der Waals surface area contributed by atoms with Crippen molar-refractivity contribution < 1.29 is 14.3 Å².